The molecule has 1 aromatic heterocycles. The van der Waals surface area contributed by atoms with Crippen molar-refractivity contribution in [3.05, 3.63) is 33.1 Å². The summed E-state index contributed by atoms with van der Waals surface area (Å²) in [5.74, 6) is 3.05. The molecule has 0 radical (unpaired) electrons. The highest BCUT2D eigenvalue weighted by molar-refractivity contribution is 14.1. The fraction of sp³-hybridized carbons (Fsp3) is 0.391. The molecule has 2 aromatic carbocycles. The van der Waals surface area contributed by atoms with Gasteiger partial charge in [0.2, 0.25) is 6.79 Å². The van der Waals surface area contributed by atoms with Crippen LogP contribution in [-0.4, -0.2) is 68.2 Å². The second-order valence-electron chi connectivity index (χ2n) is 7.80. The van der Waals surface area contributed by atoms with Gasteiger partial charge in [0.15, 0.2) is 23.0 Å². The third-order valence-electron chi connectivity index (χ3n) is 5.69. The molecule has 9 nitrogen and oxygen atoms in total. The molecule has 3 aromatic rings. The molecule has 0 aliphatic carbocycles. The molecule has 0 saturated carbocycles. The second-order valence-corrected chi connectivity index (χ2v) is 9.37. The van der Waals surface area contributed by atoms with Gasteiger partial charge in [-0.05, 0) is 41.1 Å². The number of nitrogens with one attached hydrogen (secondary N) is 1. The molecule has 1 fully saturated rings. The van der Waals surface area contributed by atoms with E-state index in [1.54, 1.807) is 7.11 Å². The Hall–Kier alpha value is -2.28. The highest BCUT2D eigenvalue weighted by Gasteiger charge is 2.25. The van der Waals surface area contributed by atoms with Crippen LogP contribution in [0.25, 0.3) is 10.9 Å². The molecule has 0 unspecified atom stereocenters. The van der Waals surface area contributed by atoms with Crippen molar-refractivity contribution in [3.8, 4) is 23.0 Å². The number of hydrogen-bond acceptors (Lipinski definition) is 9. The third-order valence-corrected chi connectivity index (χ3v) is 6.79. The van der Waals surface area contributed by atoms with Crippen LogP contribution >= 0.6 is 34.2 Å². The smallest absolute Gasteiger partial charge is 0.231 e. The quantitative estimate of drug-likeness (QED) is 0.298. The molecule has 0 bridgehead atoms. The molecule has 11 heteroatoms. The van der Waals surface area contributed by atoms with E-state index in [-0.39, 0.29) is 6.79 Å². The van der Waals surface area contributed by atoms with Crippen molar-refractivity contribution in [1.82, 2.24) is 14.9 Å². The molecule has 34 heavy (non-hydrogen) atoms. The molecule has 2 aliphatic heterocycles. The number of morpholine rings is 1. The number of fused-ring (bicyclic) bond motifs is 2. The molecule has 1 saturated heterocycles. The summed E-state index contributed by atoms with van der Waals surface area (Å²) in [5, 5.41) is 4.57. The maximum atomic E-state index is 6.52. The summed E-state index contributed by atoms with van der Waals surface area (Å²) in [4.78, 5) is 11.2. The average molecular weight is 599 g/mol. The van der Waals surface area contributed by atoms with E-state index in [1.165, 1.54) is 6.33 Å². The predicted molar refractivity (Wildman–Crippen MR) is 137 cm³/mol. The highest BCUT2D eigenvalue weighted by atomic mass is 127. The lowest BCUT2D eigenvalue weighted by atomic mass is 10.2. The molecule has 3 heterocycles. The van der Waals surface area contributed by atoms with Crippen LogP contribution in [-0.2, 0) is 4.74 Å². The Morgan fingerprint density at radius 1 is 1.12 bits per heavy atom. The number of halogens is 2. The summed E-state index contributed by atoms with van der Waals surface area (Å²) in [6.45, 7) is 5.23. The summed E-state index contributed by atoms with van der Waals surface area (Å²) in [5.41, 5.74) is 1.31. The average Bonchev–Trinajstić information content (AvgIpc) is 3.35. The van der Waals surface area contributed by atoms with E-state index in [9.17, 15) is 0 Å². The Labute approximate surface area is 215 Å². The van der Waals surface area contributed by atoms with E-state index in [0.29, 0.717) is 46.1 Å². The minimum absolute atomic E-state index is 0.144. The number of aromatic nitrogens is 2. The second kappa shape index (κ2) is 10.5. The minimum Gasteiger partial charge on any atom is -0.493 e. The number of benzene rings is 2. The van der Waals surface area contributed by atoms with Crippen molar-refractivity contribution in [2.24, 2.45) is 0 Å². The Bertz CT molecular complexity index is 1190. The van der Waals surface area contributed by atoms with Crippen LogP contribution in [0.2, 0.25) is 5.02 Å². The van der Waals surface area contributed by atoms with Crippen LogP contribution in [0.5, 0.6) is 23.0 Å². The fourth-order valence-electron chi connectivity index (χ4n) is 3.96. The minimum atomic E-state index is 0.144. The van der Waals surface area contributed by atoms with Gasteiger partial charge in [-0.1, -0.05) is 11.6 Å². The number of nitrogens with zero attached hydrogens (tertiary/aromatic N) is 3. The summed E-state index contributed by atoms with van der Waals surface area (Å²) in [7, 11) is 1.62. The van der Waals surface area contributed by atoms with Crippen molar-refractivity contribution in [3.63, 3.8) is 0 Å². The first kappa shape index (κ1) is 23.5. The first-order valence-corrected chi connectivity index (χ1v) is 12.4. The van der Waals surface area contributed by atoms with Gasteiger partial charge in [0.25, 0.3) is 0 Å². The standard InChI is InChI=1S/C23H24ClIN4O5/c1-30-18-9-14-17(11-19(18)32-6-2-3-29-4-7-31-8-5-29)26-12-27-23(14)28-20-15(24)10-16(25)21-22(20)34-13-33-21/h9-12H,2-8,13H2,1H3,(H,26,27,28). The van der Waals surface area contributed by atoms with Crippen molar-refractivity contribution in [2.45, 2.75) is 6.42 Å². The first-order valence-electron chi connectivity index (χ1n) is 10.9. The Morgan fingerprint density at radius 2 is 1.94 bits per heavy atom. The normalized spacial score (nSPS) is 15.5. The summed E-state index contributed by atoms with van der Waals surface area (Å²) >= 11 is 8.69. The molecule has 180 valence electrons. The number of hydrogen-bond donors (Lipinski definition) is 1. The zero-order chi connectivity index (χ0) is 23.5. The number of ether oxygens (including phenoxy) is 5. The van der Waals surface area contributed by atoms with Gasteiger partial charge in [-0.3, -0.25) is 4.90 Å². The Morgan fingerprint density at radius 3 is 2.76 bits per heavy atom. The van der Waals surface area contributed by atoms with Crippen molar-refractivity contribution >= 4 is 56.6 Å². The van der Waals surface area contributed by atoms with Crippen LogP contribution in [0, 0.1) is 3.57 Å². The van der Waals surface area contributed by atoms with Gasteiger partial charge in [0.05, 0.1) is 41.0 Å². The van der Waals surface area contributed by atoms with Gasteiger partial charge in [-0.2, -0.15) is 0 Å². The van der Waals surface area contributed by atoms with E-state index < -0.39 is 0 Å². The number of methoxy groups -OCH3 is 1. The van der Waals surface area contributed by atoms with Crippen LogP contribution in [0.4, 0.5) is 11.5 Å². The Balaban J connectivity index is 1.36. The van der Waals surface area contributed by atoms with E-state index >= 15 is 0 Å². The fourth-order valence-corrected chi connectivity index (χ4v) is 5.10. The molecule has 5 rings (SSSR count). The SMILES string of the molecule is COc1cc2c(Nc3c(Cl)cc(I)c4c3OCO4)ncnc2cc1OCCCN1CCOCC1. The van der Waals surface area contributed by atoms with E-state index in [0.717, 1.165) is 53.7 Å². The zero-order valence-electron chi connectivity index (χ0n) is 18.6. The third kappa shape index (κ3) is 4.90. The van der Waals surface area contributed by atoms with Crippen LogP contribution in [0.3, 0.4) is 0 Å². The Kier molecular flexibility index (Phi) is 7.28. The molecular weight excluding hydrogens is 575 g/mol. The van der Waals surface area contributed by atoms with Gasteiger partial charge in [-0.15, -0.1) is 0 Å². The van der Waals surface area contributed by atoms with Gasteiger partial charge < -0.3 is 29.0 Å². The molecule has 0 atom stereocenters. The van der Waals surface area contributed by atoms with Crippen LogP contribution < -0.4 is 24.3 Å². The van der Waals surface area contributed by atoms with E-state index in [1.807, 2.05) is 18.2 Å². The lowest BCUT2D eigenvalue weighted by molar-refractivity contribution is 0.0357. The van der Waals surface area contributed by atoms with E-state index in [4.69, 9.17) is 35.3 Å². The van der Waals surface area contributed by atoms with Gasteiger partial charge in [-0.25, -0.2) is 9.97 Å². The van der Waals surface area contributed by atoms with Gasteiger partial charge in [0.1, 0.15) is 17.8 Å². The topological polar surface area (TPSA) is 87.2 Å². The monoisotopic (exact) mass is 598 g/mol. The molecule has 0 amide bonds. The maximum Gasteiger partial charge on any atom is 0.231 e. The van der Waals surface area contributed by atoms with Crippen LogP contribution in [0.1, 0.15) is 6.42 Å². The maximum absolute atomic E-state index is 6.52. The highest BCUT2D eigenvalue weighted by Crippen LogP contribution is 2.48. The molecule has 1 N–H and O–H groups in total. The van der Waals surface area contributed by atoms with Crippen molar-refractivity contribution in [2.75, 3.05) is 58.7 Å². The number of rotatable bonds is 8. The largest absolute Gasteiger partial charge is 0.493 e. The van der Waals surface area contributed by atoms with Crippen molar-refractivity contribution in [1.29, 1.82) is 0 Å². The van der Waals surface area contributed by atoms with E-state index in [2.05, 4.69) is 42.8 Å². The first-order chi connectivity index (χ1) is 16.6. The zero-order valence-corrected chi connectivity index (χ0v) is 21.5. The summed E-state index contributed by atoms with van der Waals surface area (Å²) < 4.78 is 29.2. The van der Waals surface area contributed by atoms with Crippen molar-refractivity contribution < 1.29 is 23.7 Å². The van der Waals surface area contributed by atoms with Gasteiger partial charge >= 0.3 is 0 Å². The van der Waals surface area contributed by atoms with Gasteiger partial charge in [0, 0.05) is 31.1 Å². The summed E-state index contributed by atoms with van der Waals surface area (Å²) in [6.07, 6.45) is 2.41. The lowest BCUT2D eigenvalue weighted by Crippen LogP contribution is -2.37. The predicted octanol–water partition coefficient (Wildman–Crippen LogP) is 4.47. The molecule has 2 aliphatic rings. The summed E-state index contributed by atoms with van der Waals surface area (Å²) in [6, 6.07) is 5.56. The van der Waals surface area contributed by atoms with Crippen LogP contribution in [0.15, 0.2) is 24.5 Å². The number of anilines is 2. The molecule has 0 spiro atoms. The lowest BCUT2D eigenvalue weighted by Gasteiger charge is -2.26. The molecular formula is C23H24ClIN4O5.